The van der Waals surface area contributed by atoms with Gasteiger partial charge in [-0.2, -0.15) is 4.98 Å². The minimum absolute atomic E-state index is 0.00405. The number of anilines is 1. The van der Waals surface area contributed by atoms with Crippen LogP contribution < -0.4 is 5.73 Å². The maximum Gasteiger partial charge on any atom is 0.269 e. The van der Waals surface area contributed by atoms with Crippen LogP contribution in [0, 0.1) is 10.1 Å². The van der Waals surface area contributed by atoms with Crippen LogP contribution in [0.4, 0.5) is 11.5 Å². The van der Waals surface area contributed by atoms with E-state index in [1.165, 1.54) is 12.1 Å². The van der Waals surface area contributed by atoms with E-state index in [0.29, 0.717) is 28.7 Å². The number of nitrogens with zero attached hydrogens (tertiary/aromatic N) is 4. The van der Waals surface area contributed by atoms with E-state index in [1.807, 2.05) is 0 Å². The highest BCUT2D eigenvalue weighted by molar-refractivity contribution is 5.62. The van der Waals surface area contributed by atoms with Gasteiger partial charge < -0.3 is 10.3 Å². The summed E-state index contributed by atoms with van der Waals surface area (Å²) < 4.78 is 5.16. The molecule has 3 rings (SSSR count). The van der Waals surface area contributed by atoms with Gasteiger partial charge in [0, 0.05) is 29.5 Å². The highest BCUT2D eigenvalue weighted by Gasteiger charge is 2.12. The second-order valence-corrected chi connectivity index (χ2v) is 4.20. The highest BCUT2D eigenvalue weighted by atomic mass is 16.6. The summed E-state index contributed by atoms with van der Waals surface area (Å²) in [7, 11) is 0. The zero-order valence-corrected chi connectivity index (χ0v) is 10.6. The fourth-order valence-corrected chi connectivity index (χ4v) is 1.77. The van der Waals surface area contributed by atoms with Crippen molar-refractivity contribution in [1.82, 2.24) is 15.1 Å². The molecule has 8 heteroatoms. The molecule has 0 aliphatic heterocycles. The second kappa shape index (κ2) is 5.00. The van der Waals surface area contributed by atoms with Gasteiger partial charge in [-0.05, 0) is 24.3 Å². The number of nitrogens with two attached hydrogens (primary N) is 1. The monoisotopic (exact) mass is 283 g/mol. The Labute approximate surface area is 118 Å². The van der Waals surface area contributed by atoms with Gasteiger partial charge >= 0.3 is 0 Å². The van der Waals surface area contributed by atoms with Gasteiger partial charge in [0.2, 0.25) is 5.82 Å². The molecule has 3 aromatic rings. The normalized spacial score (nSPS) is 10.5. The van der Waals surface area contributed by atoms with Crippen molar-refractivity contribution in [2.45, 2.75) is 0 Å². The smallest absolute Gasteiger partial charge is 0.269 e. The summed E-state index contributed by atoms with van der Waals surface area (Å²) in [5, 5.41) is 14.5. The van der Waals surface area contributed by atoms with Crippen LogP contribution in [0.25, 0.3) is 22.8 Å². The molecule has 0 aliphatic carbocycles. The highest BCUT2D eigenvalue weighted by Crippen LogP contribution is 2.24. The number of pyridine rings is 1. The van der Waals surface area contributed by atoms with Crippen molar-refractivity contribution in [1.29, 1.82) is 0 Å². The Bertz CT molecular complexity index is 798. The topological polar surface area (TPSA) is 121 Å². The van der Waals surface area contributed by atoms with E-state index in [9.17, 15) is 10.1 Å². The van der Waals surface area contributed by atoms with Gasteiger partial charge in [-0.3, -0.25) is 10.1 Å². The SMILES string of the molecule is Nc1cc(-c2nc(-c3ccc([N+](=O)[O-])cc3)no2)ccn1. The molecule has 0 amide bonds. The fourth-order valence-electron chi connectivity index (χ4n) is 1.77. The summed E-state index contributed by atoms with van der Waals surface area (Å²) in [5.74, 6) is 0.996. The molecule has 2 heterocycles. The van der Waals surface area contributed by atoms with E-state index in [4.69, 9.17) is 10.3 Å². The number of benzene rings is 1. The third-order valence-corrected chi connectivity index (χ3v) is 2.79. The van der Waals surface area contributed by atoms with Crippen LogP contribution in [0.3, 0.4) is 0 Å². The number of hydrogen-bond acceptors (Lipinski definition) is 7. The molecule has 0 saturated carbocycles. The zero-order chi connectivity index (χ0) is 14.8. The van der Waals surface area contributed by atoms with Crippen LogP contribution in [0.15, 0.2) is 47.1 Å². The number of hydrogen-bond donors (Lipinski definition) is 1. The molecule has 0 spiro atoms. The maximum absolute atomic E-state index is 10.6. The number of rotatable bonds is 3. The van der Waals surface area contributed by atoms with Gasteiger partial charge in [0.15, 0.2) is 0 Å². The molecule has 0 aliphatic rings. The molecule has 2 aromatic heterocycles. The molecule has 104 valence electrons. The van der Waals surface area contributed by atoms with Gasteiger partial charge in [0.25, 0.3) is 11.6 Å². The number of nitro benzene ring substituents is 1. The van der Waals surface area contributed by atoms with Crippen molar-refractivity contribution in [2.75, 3.05) is 5.73 Å². The molecule has 0 bridgehead atoms. The fraction of sp³-hybridized carbons (Fsp3) is 0. The first kappa shape index (κ1) is 12.7. The standard InChI is InChI=1S/C13H9N5O3/c14-11-7-9(5-6-15-11)13-16-12(17-21-13)8-1-3-10(4-2-8)18(19)20/h1-7H,(H2,14,15). The quantitative estimate of drug-likeness (QED) is 0.578. The third kappa shape index (κ3) is 2.54. The Morgan fingerprint density at radius 2 is 1.90 bits per heavy atom. The Hall–Kier alpha value is -3.29. The molecule has 21 heavy (non-hydrogen) atoms. The van der Waals surface area contributed by atoms with Crippen LogP contribution in [0.2, 0.25) is 0 Å². The van der Waals surface area contributed by atoms with Crippen molar-refractivity contribution < 1.29 is 9.45 Å². The molecule has 0 unspecified atom stereocenters. The number of aromatic nitrogens is 3. The van der Waals surface area contributed by atoms with Crippen LogP contribution in [0.5, 0.6) is 0 Å². The average molecular weight is 283 g/mol. The molecular weight excluding hydrogens is 274 g/mol. The minimum Gasteiger partial charge on any atom is -0.384 e. The lowest BCUT2D eigenvalue weighted by atomic mass is 10.2. The molecule has 1 aromatic carbocycles. The molecule has 0 saturated heterocycles. The van der Waals surface area contributed by atoms with E-state index in [1.54, 1.807) is 30.5 Å². The minimum atomic E-state index is -0.467. The number of non-ortho nitro benzene ring substituents is 1. The van der Waals surface area contributed by atoms with Crippen molar-refractivity contribution in [3.63, 3.8) is 0 Å². The van der Waals surface area contributed by atoms with Crippen molar-refractivity contribution >= 4 is 11.5 Å². The lowest BCUT2D eigenvalue weighted by molar-refractivity contribution is -0.384. The van der Waals surface area contributed by atoms with E-state index in [2.05, 4.69) is 15.1 Å². The molecule has 0 fully saturated rings. The third-order valence-electron chi connectivity index (χ3n) is 2.79. The summed E-state index contributed by atoms with van der Waals surface area (Å²) >= 11 is 0. The Balaban J connectivity index is 1.93. The summed E-state index contributed by atoms with van der Waals surface area (Å²) in [6.45, 7) is 0. The van der Waals surface area contributed by atoms with Gasteiger partial charge in [-0.25, -0.2) is 4.98 Å². The van der Waals surface area contributed by atoms with Gasteiger partial charge in [-0.15, -0.1) is 0 Å². The predicted molar refractivity (Wildman–Crippen MR) is 74.0 cm³/mol. The number of nitrogen functional groups attached to an aromatic ring is 1. The summed E-state index contributed by atoms with van der Waals surface area (Å²) in [6, 6.07) is 9.21. The lowest BCUT2D eigenvalue weighted by Gasteiger charge is -1.95. The van der Waals surface area contributed by atoms with E-state index in [0.717, 1.165) is 0 Å². The Morgan fingerprint density at radius 3 is 2.57 bits per heavy atom. The largest absolute Gasteiger partial charge is 0.384 e. The van der Waals surface area contributed by atoms with Gasteiger partial charge in [-0.1, -0.05) is 5.16 Å². The van der Waals surface area contributed by atoms with Crippen LogP contribution >= 0.6 is 0 Å². The van der Waals surface area contributed by atoms with Crippen molar-refractivity contribution in [2.24, 2.45) is 0 Å². The van der Waals surface area contributed by atoms with Crippen molar-refractivity contribution in [3.05, 3.63) is 52.7 Å². The first-order valence-corrected chi connectivity index (χ1v) is 5.94. The van der Waals surface area contributed by atoms with E-state index >= 15 is 0 Å². The van der Waals surface area contributed by atoms with Gasteiger partial charge in [0.1, 0.15) is 5.82 Å². The van der Waals surface area contributed by atoms with E-state index in [-0.39, 0.29) is 5.69 Å². The van der Waals surface area contributed by atoms with Gasteiger partial charge in [0.05, 0.1) is 4.92 Å². The Morgan fingerprint density at radius 1 is 1.14 bits per heavy atom. The first-order chi connectivity index (χ1) is 10.1. The molecule has 0 atom stereocenters. The first-order valence-electron chi connectivity index (χ1n) is 5.94. The van der Waals surface area contributed by atoms with E-state index < -0.39 is 4.92 Å². The molecule has 0 radical (unpaired) electrons. The molecular formula is C13H9N5O3. The summed E-state index contributed by atoms with van der Waals surface area (Å²) in [6.07, 6.45) is 1.54. The predicted octanol–water partition coefficient (Wildman–Crippen LogP) is 2.29. The van der Waals surface area contributed by atoms with Crippen LogP contribution in [-0.4, -0.2) is 20.0 Å². The van der Waals surface area contributed by atoms with Crippen molar-refractivity contribution in [3.8, 4) is 22.8 Å². The second-order valence-electron chi connectivity index (χ2n) is 4.20. The summed E-state index contributed by atoms with van der Waals surface area (Å²) in [5.41, 5.74) is 6.88. The zero-order valence-electron chi connectivity index (χ0n) is 10.6. The number of nitro groups is 1. The average Bonchev–Trinajstić information content (AvgIpc) is 2.97. The molecule has 8 nitrogen and oxygen atoms in total. The Kier molecular flexibility index (Phi) is 3.03. The summed E-state index contributed by atoms with van der Waals surface area (Å²) in [4.78, 5) is 18.3. The lowest BCUT2D eigenvalue weighted by Crippen LogP contribution is -1.89. The van der Waals surface area contributed by atoms with Crippen LogP contribution in [0.1, 0.15) is 0 Å². The maximum atomic E-state index is 10.6. The molecule has 2 N–H and O–H groups in total. The van der Waals surface area contributed by atoms with Crippen LogP contribution in [-0.2, 0) is 0 Å².